The van der Waals surface area contributed by atoms with E-state index in [9.17, 15) is 23.3 Å². The van der Waals surface area contributed by atoms with E-state index in [0.29, 0.717) is 24.0 Å². The number of non-ortho nitro benzene ring substituents is 1. The van der Waals surface area contributed by atoms with E-state index in [-0.39, 0.29) is 18.2 Å². The molecule has 3 rings (SSSR count). The predicted molar refractivity (Wildman–Crippen MR) is 104 cm³/mol. The summed E-state index contributed by atoms with van der Waals surface area (Å²) in [6, 6.07) is 14.3. The minimum absolute atomic E-state index is 0.0117. The lowest BCUT2D eigenvalue weighted by molar-refractivity contribution is -0.384. The van der Waals surface area contributed by atoms with Crippen molar-refractivity contribution in [2.24, 2.45) is 0 Å². The van der Waals surface area contributed by atoms with Gasteiger partial charge in [-0.3, -0.25) is 10.1 Å². The molecule has 0 aliphatic heterocycles. The lowest BCUT2D eigenvalue weighted by Gasteiger charge is -2.22. The highest BCUT2D eigenvalue weighted by Crippen LogP contribution is 2.36. The summed E-state index contributed by atoms with van der Waals surface area (Å²) in [5.74, 6) is -0.598. The van der Waals surface area contributed by atoms with Crippen molar-refractivity contribution in [1.82, 2.24) is 9.97 Å². The minimum atomic E-state index is -4.69. The van der Waals surface area contributed by atoms with Crippen molar-refractivity contribution in [2.75, 3.05) is 11.4 Å². The first kappa shape index (κ1) is 21.0. The molecule has 1 aromatic heterocycles. The highest BCUT2D eigenvalue weighted by atomic mass is 19.4. The molecule has 0 unspecified atom stereocenters. The first-order valence-corrected chi connectivity index (χ1v) is 8.92. The number of aromatic nitrogens is 2. The van der Waals surface area contributed by atoms with Gasteiger partial charge in [0.2, 0.25) is 11.8 Å². The molecule has 0 saturated carbocycles. The van der Waals surface area contributed by atoms with Crippen LogP contribution in [0.5, 0.6) is 5.88 Å². The van der Waals surface area contributed by atoms with Gasteiger partial charge in [-0.15, -0.1) is 0 Å². The molecule has 10 heteroatoms. The molecule has 30 heavy (non-hydrogen) atoms. The van der Waals surface area contributed by atoms with Gasteiger partial charge in [0.05, 0.1) is 4.92 Å². The molecule has 0 bridgehead atoms. The average Bonchev–Trinajstić information content (AvgIpc) is 2.73. The van der Waals surface area contributed by atoms with Gasteiger partial charge in [0.15, 0.2) is 0 Å². The number of ether oxygens (including phenoxy) is 1. The number of benzene rings is 2. The van der Waals surface area contributed by atoms with Crippen LogP contribution in [0.2, 0.25) is 0 Å². The van der Waals surface area contributed by atoms with Crippen LogP contribution < -0.4 is 9.64 Å². The standard InChI is InChI=1S/C20H17F3N4O3/c1-2-26(15-8-10-16(11-9-15)27(28)29)19-24-12-17(20(21,22)23)18(25-19)30-13-14-6-4-3-5-7-14/h3-12H,2,13H2,1H3. The quantitative estimate of drug-likeness (QED) is 0.390. The Kier molecular flexibility index (Phi) is 6.14. The zero-order valence-electron chi connectivity index (χ0n) is 15.8. The number of halogens is 3. The lowest BCUT2D eigenvalue weighted by atomic mass is 10.2. The van der Waals surface area contributed by atoms with Crippen LogP contribution >= 0.6 is 0 Å². The molecule has 0 saturated heterocycles. The van der Waals surface area contributed by atoms with Gasteiger partial charge < -0.3 is 9.64 Å². The first-order chi connectivity index (χ1) is 14.3. The van der Waals surface area contributed by atoms with Crippen LogP contribution in [-0.2, 0) is 12.8 Å². The van der Waals surface area contributed by atoms with Gasteiger partial charge in [-0.1, -0.05) is 30.3 Å². The molecular weight excluding hydrogens is 401 g/mol. The van der Waals surface area contributed by atoms with Crippen LogP contribution in [0, 0.1) is 10.1 Å². The van der Waals surface area contributed by atoms with Crippen molar-refractivity contribution in [2.45, 2.75) is 19.7 Å². The average molecular weight is 418 g/mol. The lowest BCUT2D eigenvalue weighted by Crippen LogP contribution is -2.20. The number of nitrogens with zero attached hydrogens (tertiary/aromatic N) is 4. The summed E-state index contributed by atoms with van der Waals surface area (Å²) in [7, 11) is 0. The van der Waals surface area contributed by atoms with Crippen molar-refractivity contribution >= 4 is 17.3 Å². The minimum Gasteiger partial charge on any atom is -0.472 e. The smallest absolute Gasteiger partial charge is 0.423 e. The van der Waals surface area contributed by atoms with Gasteiger partial charge in [-0.25, -0.2) is 4.98 Å². The zero-order chi connectivity index (χ0) is 21.7. The summed E-state index contributed by atoms with van der Waals surface area (Å²) in [6.07, 6.45) is -4.01. The molecule has 0 amide bonds. The summed E-state index contributed by atoms with van der Waals surface area (Å²) in [5, 5.41) is 10.8. The largest absolute Gasteiger partial charge is 0.472 e. The van der Waals surface area contributed by atoms with Crippen molar-refractivity contribution in [3.63, 3.8) is 0 Å². The number of nitro groups is 1. The molecule has 2 aromatic carbocycles. The Labute approximate surface area is 169 Å². The van der Waals surface area contributed by atoms with Gasteiger partial charge >= 0.3 is 6.18 Å². The fourth-order valence-electron chi connectivity index (χ4n) is 2.71. The molecule has 0 fully saturated rings. The van der Waals surface area contributed by atoms with E-state index in [1.165, 1.54) is 29.2 Å². The Balaban J connectivity index is 1.94. The third kappa shape index (κ3) is 4.83. The molecular formula is C20H17F3N4O3. The summed E-state index contributed by atoms with van der Waals surface area (Å²) in [6.45, 7) is 1.98. The van der Waals surface area contributed by atoms with Crippen LogP contribution in [0.15, 0.2) is 60.8 Å². The number of nitro benzene ring substituents is 1. The van der Waals surface area contributed by atoms with E-state index in [0.717, 1.165) is 0 Å². The Bertz CT molecular complexity index is 1010. The normalized spacial score (nSPS) is 11.2. The van der Waals surface area contributed by atoms with Crippen molar-refractivity contribution in [1.29, 1.82) is 0 Å². The van der Waals surface area contributed by atoms with Crippen LogP contribution in [0.4, 0.5) is 30.5 Å². The van der Waals surface area contributed by atoms with E-state index in [1.807, 2.05) is 0 Å². The molecule has 0 radical (unpaired) electrons. The molecule has 0 atom stereocenters. The maximum Gasteiger partial charge on any atom is 0.423 e. The molecule has 1 heterocycles. The molecule has 156 valence electrons. The van der Waals surface area contributed by atoms with Gasteiger partial charge in [0.25, 0.3) is 5.69 Å². The molecule has 0 aliphatic rings. The van der Waals surface area contributed by atoms with Crippen LogP contribution in [-0.4, -0.2) is 21.4 Å². The van der Waals surface area contributed by atoms with Crippen LogP contribution in [0.3, 0.4) is 0 Å². The summed E-state index contributed by atoms with van der Waals surface area (Å²) in [5.41, 5.74) is 0.00216. The fraction of sp³-hybridized carbons (Fsp3) is 0.200. The van der Waals surface area contributed by atoms with E-state index in [2.05, 4.69) is 9.97 Å². The fourth-order valence-corrected chi connectivity index (χ4v) is 2.71. The highest BCUT2D eigenvalue weighted by Gasteiger charge is 2.36. The summed E-state index contributed by atoms with van der Waals surface area (Å²) in [4.78, 5) is 19.7. The first-order valence-electron chi connectivity index (χ1n) is 8.92. The van der Waals surface area contributed by atoms with Crippen molar-refractivity contribution in [3.05, 3.63) is 82.0 Å². The molecule has 7 nitrogen and oxygen atoms in total. The van der Waals surface area contributed by atoms with E-state index >= 15 is 0 Å². The van der Waals surface area contributed by atoms with E-state index in [4.69, 9.17) is 4.74 Å². The zero-order valence-corrected chi connectivity index (χ0v) is 15.8. The maximum atomic E-state index is 13.4. The van der Waals surface area contributed by atoms with Crippen LogP contribution in [0.25, 0.3) is 0 Å². The Morgan fingerprint density at radius 1 is 1.10 bits per heavy atom. The number of hydrogen-bond acceptors (Lipinski definition) is 6. The molecule has 3 aromatic rings. The SMILES string of the molecule is CCN(c1ccc([N+](=O)[O-])cc1)c1ncc(C(F)(F)F)c(OCc2ccccc2)n1. The van der Waals surface area contributed by atoms with Crippen LogP contribution in [0.1, 0.15) is 18.1 Å². The number of alkyl halides is 3. The molecule has 0 N–H and O–H groups in total. The summed E-state index contributed by atoms with van der Waals surface area (Å²) >= 11 is 0. The predicted octanol–water partition coefficient (Wildman–Crippen LogP) is 5.14. The van der Waals surface area contributed by atoms with Gasteiger partial charge in [0.1, 0.15) is 12.2 Å². The Hall–Kier alpha value is -3.69. The number of rotatable bonds is 7. The second-order valence-corrected chi connectivity index (χ2v) is 6.18. The van der Waals surface area contributed by atoms with E-state index in [1.54, 1.807) is 37.3 Å². The van der Waals surface area contributed by atoms with Crippen molar-refractivity contribution < 1.29 is 22.8 Å². The number of hydrogen-bond donors (Lipinski definition) is 0. The second kappa shape index (κ2) is 8.76. The molecule has 0 aliphatic carbocycles. The number of anilines is 2. The van der Waals surface area contributed by atoms with E-state index < -0.39 is 22.5 Å². The Morgan fingerprint density at radius 3 is 2.33 bits per heavy atom. The van der Waals surface area contributed by atoms with Gasteiger partial charge in [-0.2, -0.15) is 18.2 Å². The third-order valence-corrected chi connectivity index (χ3v) is 4.19. The monoisotopic (exact) mass is 418 g/mol. The van der Waals surface area contributed by atoms with Crippen molar-refractivity contribution in [3.8, 4) is 5.88 Å². The second-order valence-electron chi connectivity index (χ2n) is 6.18. The topological polar surface area (TPSA) is 81.4 Å². The third-order valence-electron chi connectivity index (χ3n) is 4.19. The van der Waals surface area contributed by atoms with Gasteiger partial charge in [0, 0.05) is 30.6 Å². The summed E-state index contributed by atoms with van der Waals surface area (Å²) < 4.78 is 45.6. The Morgan fingerprint density at radius 2 is 1.77 bits per heavy atom. The maximum absolute atomic E-state index is 13.4. The molecule has 0 spiro atoms. The highest BCUT2D eigenvalue weighted by molar-refractivity contribution is 5.59. The van der Waals surface area contributed by atoms with Gasteiger partial charge in [-0.05, 0) is 24.6 Å².